The standard InChI is InChI=1S/C14H19NO3/c1-14(13(16)17)8-3-9-15(14)10-11-4-6-12(18-2)7-5-11/h4-7H,3,8-10H2,1-2H3,(H,16,17). The van der Waals surface area contributed by atoms with E-state index in [9.17, 15) is 9.90 Å². The second-order valence-electron chi connectivity index (χ2n) is 4.95. The molecule has 18 heavy (non-hydrogen) atoms. The maximum Gasteiger partial charge on any atom is 0.323 e. The third kappa shape index (κ3) is 2.34. The Bertz CT molecular complexity index is 429. The van der Waals surface area contributed by atoms with Crippen LogP contribution in [0.25, 0.3) is 0 Å². The Hall–Kier alpha value is -1.55. The molecule has 0 aromatic heterocycles. The molecule has 98 valence electrons. The zero-order valence-corrected chi connectivity index (χ0v) is 10.8. The smallest absolute Gasteiger partial charge is 0.323 e. The van der Waals surface area contributed by atoms with Gasteiger partial charge in [-0.25, -0.2) is 0 Å². The highest BCUT2D eigenvalue weighted by Gasteiger charge is 2.42. The molecule has 4 nitrogen and oxygen atoms in total. The zero-order chi connectivity index (χ0) is 13.2. The van der Waals surface area contributed by atoms with Gasteiger partial charge < -0.3 is 9.84 Å². The van der Waals surface area contributed by atoms with Gasteiger partial charge in [-0.15, -0.1) is 0 Å². The number of nitrogens with zero attached hydrogens (tertiary/aromatic N) is 1. The van der Waals surface area contributed by atoms with E-state index >= 15 is 0 Å². The molecule has 1 N–H and O–H groups in total. The highest BCUT2D eigenvalue weighted by molar-refractivity contribution is 5.78. The maximum atomic E-state index is 11.4. The van der Waals surface area contributed by atoms with Crippen molar-refractivity contribution in [2.45, 2.75) is 31.8 Å². The van der Waals surface area contributed by atoms with E-state index in [2.05, 4.69) is 0 Å². The molecule has 0 amide bonds. The second-order valence-corrected chi connectivity index (χ2v) is 4.95. The van der Waals surface area contributed by atoms with Gasteiger partial charge in [-0.2, -0.15) is 0 Å². The van der Waals surface area contributed by atoms with Crippen LogP contribution in [0.1, 0.15) is 25.3 Å². The summed E-state index contributed by atoms with van der Waals surface area (Å²) in [6.07, 6.45) is 1.66. The fraction of sp³-hybridized carbons (Fsp3) is 0.500. The molecule has 0 spiro atoms. The first kappa shape index (κ1) is 12.9. The van der Waals surface area contributed by atoms with E-state index in [4.69, 9.17) is 4.74 Å². The van der Waals surface area contributed by atoms with E-state index in [1.165, 1.54) is 0 Å². The van der Waals surface area contributed by atoms with Crippen molar-refractivity contribution in [3.05, 3.63) is 29.8 Å². The molecule has 4 heteroatoms. The second kappa shape index (κ2) is 4.98. The SMILES string of the molecule is COc1ccc(CN2CCCC2(C)C(=O)O)cc1. The van der Waals surface area contributed by atoms with Gasteiger partial charge in [-0.05, 0) is 44.0 Å². The molecular formula is C14H19NO3. The van der Waals surface area contributed by atoms with Gasteiger partial charge in [0.15, 0.2) is 0 Å². The normalized spacial score (nSPS) is 24.1. The Labute approximate surface area is 107 Å². The Morgan fingerprint density at radius 1 is 1.44 bits per heavy atom. The molecule has 1 aliphatic rings. The zero-order valence-electron chi connectivity index (χ0n) is 10.8. The number of ether oxygens (including phenoxy) is 1. The van der Waals surface area contributed by atoms with Crippen LogP contribution in [0.5, 0.6) is 5.75 Å². The summed E-state index contributed by atoms with van der Waals surface area (Å²) in [5.41, 5.74) is 0.394. The molecule has 1 aromatic carbocycles. The number of carbonyl (C=O) groups is 1. The molecule has 1 atom stereocenters. The number of hydrogen-bond acceptors (Lipinski definition) is 3. The van der Waals surface area contributed by atoms with Crippen molar-refractivity contribution in [3.8, 4) is 5.75 Å². The number of aliphatic carboxylic acids is 1. The van der Waals surface area contributed by atoms with Gasteiger partial charge in [0.1, 0.15) is 11.3 Å². The minimum absolute atomic E-state index is 0.673. The van der Waals surface area contributed by atoms with Crippen molar-refractivity contribution in [2.75, 3.05) is 13.7 Å². The number of rotatable bonds is 4. The Kier molecular flexibility index (Phi) is 3.57. The van der Waals surface area contributed by atoms with Crippen LogP contribution in [0.3, 0.4) is 0 Å². The summed E-state index contributed by atoms with van der Waals surface area (Å²) in [7, 11) is 1.64. The molecular weight excluding hydrogens is 230 g/mol. The van der Waals surface area contributed by atoms with E-state index in [1.807, 2.05) is 36.1 Å². The van der Waals surface area contributed by atoms with Crippen LogP contribution in [0.15, 0.2) is 24.3 Å². The molecule has 1 fully saturated rings. The fourth-order valence-corrected chi connectivity index (χ4v) is 2.47. The predicted molar refractivity (Wildman–Crippen MR) is 68.7 cm³/mol. The van der Waals surface area contributed by atoms with E-state index in [1.54, 1.807) is 7.11 Å². The average Bonchev–Trinajstić information content (AvgIpc) is 2.73. The molecule has 1 aliphatic heterocycles. The number of carboxylic acids is 1. The summed E-state index contributed by atoms with van der Waals surface area (Å²) in [5, 5.41) is 9.34. The lowest BCUT2D eigenvalue weighted by atomic mass is 9.99. The van der Waals surface area contributed by atoms with Gasteiger partial charge in [0.25, 0.3) is 0 Å². The van der Waals surface area contributed by atoms with Gasteiger partial charge in [0, 0.05) is 6.54 Å². The van der Waals surface area contributed by atoms with Crippen molar-refractivity contribution < 1.29 is 14.6 Å². The van der Waals surface area contributed by atoms with Crippen LogP contribution in [0.2, 0.25) is 0 Å². The Morgan fingerprint density at radius 3 is 2.67 bits per heavy atom. The largest absolute Gasteiger partial charge is 0.497 e. The lowest BCUT2D eigenvalue weighted by Gasteiger charge is -2.31. The van der Waals surface area contributed by atoms with Crippen LogP contribution < -0.4 is 4.74 Å². The summed E-state index contributed by atoms with van der Waals surface area (Å²) in [4.78, 5) is 13.4. The topological polar surface area (TPSA) is 49.8 Å². The van der Waals surface area contributed by atoms with E-state index < -0.39 is 11.5 Å². The van der Waals surface area contributed by atoms with Crippen molar-refractivity contribution >= 4 is 5.97 Å². The fourth-order valence-electron chi connectivity index (χ4n) is 2.47. The highest BCUT2D eigenvalue weighted by atomic mass is 16.5. The third-order valence-corrected chi connectivity index (χ3v) is 3.78. The number of likely N-dealkylation sites (tertiary alicyclic amines) is 1. The van der Waals surface area contributed by atoms with Crippen LogP contribution in [-0.2, 0) is 11.3 Å². The van der Waals surface area contributed by atoms with Crippen LogP contribution in [-0.4, -0.2) is 35.2 Å². The maximum absolute atomic E-state index is 11.4. The quantitative estimate of drug-likeness (QED) is 0.888. The van der Waals surface area contributed by atoms with Crippen LogP contribution in [0, 0.1) is 0 Å². The minimum atomic E-state index is -0.728. The molecule has 1 unspecified atom stereocenters. The number of hydrogen-bond donors (Lipinski definition) is 1. The number of methoxy groups -OCH3 is 1. The number of benzene rings is 1. The van der Waals surface area contributed by atoms with Gasteiger partial charge in [-0.1, -0.05) is 12.1 Å². The first-order valence-electron chi connectivity index (χ1n) is 6.17. The van der Waals surface area contributed by atoms with Crippen molar-refractivity contribution in [2.24, 2.45) is 0 Å². The summed E-state index contributed by atoms with van der Waals surface area (Å²) in [6.45, 7) is 3.33. The summed E-state index contributed by atoms with van der Waals surface area (Å²) >= 11 is 0. The first-order chi connectivity index (χ1) is 8.56. The van der Waals surface area contributed by atoms with Crippen molar-refractivity contribution in [1.82, 2.24) is 4.90 Å². The van der Waals surface area contributed by atoms with E-state index in [0.29, 0.717) is 6.54 Å². The molecule has 1 saturated heterocycles. The molecule has 2 rings (SSSR count). The van der Waals surface area contributed by atoms with Gasteiger partial charge in [-0.3, -0.25) is 9.69 Å². The summed E-state index contributed by atoms with van der Waals surface area (Å²) < 4.78 is 5.11. The molecule has 1 aromatic rings. The Balaban J connectivity index is 2.10. The average molecular weight is 249 g/mol. The van der Waals surface area contributed by atoms with Gasteiger partial charge in [0.05, 0.1) is 7.11 Å². The summed E-state index contributed by atoms with van der Waals surface area (Å²) in [6, 6.07) is 7.78. The monoisotopic (exact) mass is 249 g/mol. The van der Waals surface area contributed by atoms with Gasteiger partial charge >= 0.3 is 5.97 Å². The minimum Gasteiger partial charge on any atom is -0.497 e. The lowest BCUT2D eigenvalue weighted by molar-refractivity contribution is -0.148. The highest BCUT2D eigenvalue weighted by Crippen LogP contribution is 2.30. The van der Waals surface area contributed by atoms with Crippen molar-refractivity contribution in [3.63, 3.8) is 0 Å². The third-order valence-electron chi connectivity index (χ3n) is 3.78. The summed E-state index contributed by atoms with van der Waals surface area (Å²) in [5.74, 6) is 0.0923. The van der Waals surface area contributed by atoms with Crippen LogP contribution in [0.4, 0.5) is 0 Å². The molecule has 0 bridgehead atoms. The first-order valence-corrected chi connectivity index (χ1v) is 6.17. The molecule has 1 heterocycles. The van der Waals surface area contributed by atoms with Gasteiger partial charge in [0.2, 0.25) is 0 Å². The predicted octanol–water partition coefficient (Wildman–Crippen LogP) is 2.13. The lowest BCUT2D eigenvalue weighted by Crippen LogP contribution is -2.47. The Morgan fingerprint density at radius 2 is 2.11 bits per heavy atom. The van der Waals surface area contributed by atoms with E-state index in [-0.39, 0.29) is 0 Å². The molecule has 0 saturated carbocycles. The van der Waals surface area contributed by atoms with Crippen LogP contribution >= 0.6 is 0 Å². The molecule has 0 aliphatic carbocycles. The van der Waals surface area contributed by atoms with E-state index in [0.717, 1.165) is 30.7 Å². The van der Waals surface area contributed by atoms with Crippen molar-refractivity contribution in [1.29, 1.82) is 0 Å². The molecule has 0 radical (unpaired) electrons. The number of carboxylic acid groups (broad SMARTS) is 1.